The number of halogens is 1. The molecule has 1 aliphatic carbocycles. The maximum absolute atomic E-state index is 3.87. The highest BCUT2D eigenvalue weighted by molar-refractivity contribution is 9.12. The van der Waals surface area contributed by atoms with Gasteiger partial charge in [-0.05, 0) is 18.1 Å². The van der Waals surface area contributed by atoms with Crippen LogP contribution in [0.1, 0.15) is 12.0 Å². The van der Waals surface area contributed by atoms with Gasteiger partial charge in [0.15, 0.2) is 0 Å². The minimum atomic E-state index is 0.940. The van der Waals surface area contributed by atoms with Gasteiger partial charge in [-0.2, -0.15) is 0 Å². The van der Waals surface area contributed by atoms with Gasteiger partial charge in [0.05, 0.1) is 11.2 Å². The fraction of sp³-hybridized carbons (Fsp3) is 0.125. The predicted molar refractivity (Wildman–Crippen MR) is 87.7 cm³/mol. The van der Waals surface area contributed by atoms with E-state index in [-0.39, 0.29) is 0 Å². The Morgan fingerprint density at radius 1 is 1.37 bits per heavy atom. The number of nitrogens with one attached hydrogen (secondary N) is 2. The second kappa shape index (κ2) is 4.74. The first-order valence-corrected chi connectivity index (χ1v) is 7.06. The highest BCUT2D eigenvalue weighted by atomic mass is 79.9. The molecule has 0 aliphatic heterocycles. The van der Waals surface area contributed by atoms with Crippen molar-refractivity contribution in [3.05, 3.63) is 45.4 Å². The summed E-state index contributed by atoms with van der Waals surface area (Å²) in [6.45, 7) is 3.87. The second-order valence-electron chi connectivity index (χ2n) is 4.53. The van der Waals surface area contributed by atoms with Crippen LogP contribution in [0.15, 0.2) is 29.3 Å². The summed E-state index contributed by atoms with van der Waals surface area (Å²) in [5.41, 5.74) is 3.35. The molecule has 0 atom stereocenters. The molecule has 2 aromatic rings. The molecule has 2 nitrogen and oxygen atoms in total. The molecule has 0 saturated carbocycles. The van der Waals surface area contributed by atoms with Crippen molar-refractivity contribution in [2.75, 3.05) is 12.4 Å². The number of fused-ring (bicyclic) bond motifs is 3. The first kappa shape index (κ1) is 12.3. The van der Waals surface area contributed by atoms with Crippen molar-refractivity contribution in [3.8, 4) is 0 Å². The molecule has 0 saturated heterocycles. The summed E-state index contributed by atoms with van der Waals surface area (Å²) < 4.78 is 1.11. The lowest BCUT2D eigenvalue weighted by atomic mass is 10.1. The Morgan fingerprint density at radius 2 is 2.21 bits per heavy atom. The quantitative estimate of drug-likeness (QED) is 0.876. The smallest absolute Gasteiger partial charge is 0.0706 e. The Labute approximate surface area is 120 Å². The molecule has 1 aromatic heterocycles. The summed E-state index contributed by atoms with van der Waals surface area (Å²) in [6.07, 6.45) is 9.37. The van der Waals surface area contributed by atoms with Gasteiger partial charge in [0.25, 0.3) is 0 Å². The molecule has 0 radical (unpaired) electrons. The van der Waals surface area contributed by atoms with Crippen molar-refractivity contribution >= 4 is 50.7 Å². The Hall–Kier alpha value is -1.74. The molecule has 19 heavy (non-hydrogen) atoms. The van der Waals surface area contributed by atoms with Crippen LogP contribution in [-0.2, 0) is 0 Å². The SMILES string of the molecule is C=Cc1ccc2c3c([nH]c2c1NC)=CC(Br)=CCC=3. The van der Waals surface area contributed by atoms with Gasteiger partial charge < -0.3 is 10.3 Å². The number of H-pyrrole nitrogens is 1. The molecule has 1 aliphatic rings. The van der Waals surface area contributed by atoms with Crippen molar-refractivity contribution in [2.45, 2.75) is 6.42 Å². The number of benzene rings is 1. The van der Waals surface area contributed by atoms with Crippen molar-refractivity contribution in [3.63, 3.8) is 0 Å². The number of anilines is 1. The van der Waals surface area contributed by atoms with Gasteiger partial charge in [-0.3, -0.25) is 0 Å². The van der Waals surface area contributed by atoms with E-state index < -0.39 is 0 Å². The molecule has 3 rings (SSSR count). The molecule has 0 spiro atoms. The van der Waals surface area contributed by atoms with Gasteiger partial charge in [0.2, 0.25) is 0 Å². The number of hydrogen-bond acceptors (Lipinski definition) is 1. The standard InChI is InChI=1S/C16H15BrN2/c1-3-10-7-8-13-12-6-4-5-11(17)9-14(12)19-16(13)15(10)18-2/h3,5-9,18-19H,1,4H2,2H3. The molecule has 1 aromatic carbocycles. The summed E-state index contributed by atoms with van der Waals surface area (Å²) in [5, 5.41) is 6.93. The Balaban J connectivity index is 2.47. The average Bonchev–Trinajstić information content (AvgIpc) is 2.64. The van der Waals surface area contributed by atoms with Crippen LogP contribution in [0.25, 0.3) is 29.1 Å². The van der Waals surface area contributed by atoms with Crippen LogP contribution in [0.4, 0.5) is 5.69 Å². The van der Waals surface area contributed by atoms with Gasteiger partial charge >= 0.3 is 0 Å². The van der Waals surface area contributed by atoms with E-state index in [1.165, 1.54) is 10.6 Å². The van der Waals surface area contributed by atoms with E-state index in [0.717, 1.165) is 33.0 Å². The Kier molecular flexibility index (Phi) is 3.07. The van der Waals surface area contributed by atoms with Crippen molar-refractivity contribution < 1.29 is 0 Å². The van der Waals surface area contributed by atoms with Crippen LogP contribution in [0.2, 0.25) is 0 Å². The minimum absolute atomic E-state index is 0.940. The molecule has 2 N–H and O–H groups in total. The molecular weight excluding hydrogens is 300 g/mol. The lowest BCUT2D eigenvalue weighted by Gasteiger charge is -2.06. The van der Waals surface area contributed by atoms with Crippen LogP contribution >= 0.6 is 15.9 Å². The molecule has 1 heterocycles. The average molecular weight is 315 g/mol. The lowest BCUT2D eigenvalue weighted by Crippen LogP contribution is -2.21. The fourth-order valence-electron chi connectivity index (χ4n) is 2.58. The maximum atomic E-state index is 3.87. The lowest BCUT2D eigenvalue weighted by molar-refractivity contribution is 1.35. The molecule has 96 valence electrons. The third-order valence-corrected chi connectivity index (χ3v) is 4.02. The van der Waals surface area contributed by atoms with E-state index in [1.54, 1.807) is 0 Å². The van der Waals surface area contributed by atoms with Crippen molar-refractivity contribution in [1.29, 1.82) is 0 Å². The number of hydrogen-bond donors (Lipinski definition) is 2. The van der Waals surface area contributed by atoms with Gasteiger partial charge in [0.1, 0.15) is 0 Å². The van der Waals surface area contributed by atoms with Crippen LogP contribution in [-0.4, -0.2) is 12.0 Å². The Morgan fingerprint density at radius 3 is 2.95 bits per heavy atom. The third-order valence-electron chi connectivity index (χ3n) is 3.46. The third kappa shape index (κ3) is 1.94. The summed E-state index contributed by atoms with van der Waals surface area (Å²) >= 11 is 3.56. The van der Waals surface area contributed by atoms with Crippen LogP contribution in [0, 0.1) is 0 Å². The van der Waals surface area contributed by atoms with E-state index in [4.69, 9.17) is 0 Å². The summed E-state index contributed by atoms with van der Waals surface area (Å²) in [6, 6.07) is 4.27. The van der Waals surface area contributed by atoms with E-state index >= 15 is 0 Å². The minimum Gasteiger partial charge on any atom is -0.386 e. The van der Waals surface area contributed by atoms with Crippen LogP contribution in [0.3, 0.4) is 0 Å². The van der Waals surface area contributed by atoms with Gasteiger partial charge in [-0.15, -0.1) is 0 Å². The van der Waals surface area contributed by atoms with E-state index in [1.807, 2.05) is 13.1 Å². The first-order chi connectivity index (χ1) is 9.24. The molecule has 0 unspecified atom stereocenters. The molecule has 0 fully saturated rings. The van der Waals surface area contributed by atoms with E-state index in [0.29, 0.717) is 0 Å². The second-order valence-corrected chi connectivity index (χ2v) is 5.45. The Bertz CT molecular complexity index is 809. The number of aromatic nitrogens is 1. The zero-order chi connectivity index (χ0) is 13.4. The molecular formula is C16H15BrN2. The zero-order valence-electron chi connectivity index (χ0n) is 10.8. The predicted octanol–water partition coefficient (Wildman–Crippen LogP) is 3.10. The van der Waals surface area contributed by atoms with E-state index in [2.05, 4.69) is 63.2 Å². The number of rotatable bonds is 2. The summed E-state index contributed by atoms with van der Waals surface area (Å²) in [4.78, 5) is 3.51. The van der Waals surface area contributed by atoms with Crippen LogP contribution in [0.5, 0.6) is 0 Å². The monoisotopic (exact) mass is 314 g/mol. The normalized spacial score (nSPS) is 13.9. The van der Waals surface area contributed by atoms with Gasteiger partial charge in [0, 0.05) is 27.5 Å². The highest BCUT2D eigenvalue weighted by Crippen LogP contribution is 2.24. The molecule has 3 heteroatoms. The summed E-state index contributed by atoms with van der Waals surface area (Å²) in [5.74, 6) is 0. The fourth-order valence-corrected chi connectivity index (χ4v) is 3.00. The number of allylic oxidation sites excluding steroid dienone is 2. The van der Waals surface area contributed by atoms with Crippen molar-refractivity contribution in [1.82, 2.24) is 4.98 Å². The van der Waals surface area contributed by atoms with Gasteiger partial charge in [-0.1, -0.05) is 52.9 Å². The summed E-state index contributed by atoms with van der Waals surface area (Å²) in [7, 11) is 1.94. The zero-order valence-corrected chi connectivity index (χ0v) is 12.3. The van der Waals surface area contributed by atoms with E-state index in [9.17, 15) is 0 Å². The van der Waals surface area contributed by atoms with Gasteiger partial charge in [-0.25, -0.2) is 0 Å². The maximum Gasteiger partial charge on any atom is 0.0706 e. The highest BCUT2D eigenvalue weighted by Gasteiger charge is 2.09. The molecule has 0 amide bonds. The van der Waals surface area contributed by atoms with Crippen LogP contribution < -0.4 is 15.9 Å². The molecule has 0 bridgehead atoms. The number of aromatic amines is 1. The first-order valence-electron chi connectivity index (χ1n) is 6.27. The topological polar surface area (TPSA) is 27.8 Å². The van der Waals surface area contributed by atoms with Crippen molar-refractivity contribution in [2.24, 2.45) is 0 Å². The largest absolute Gasteiger partial charge is 0.386 e.